The van der Waals surface area contributed by atoms with E-state index in [0.29, 0.717) is 0 Å². The van der Waals surface area contributed by atoms with Crippen LogP contribution in [0.2, 0.25) is 0 Å². The molecule has 3 aromatic rings. The van der Waals surface area contributed by atoms with E-state index in [4.69, 9.17) is 0 Å². The lowest BCUT2D eigenvalue weighted by Gasteiger charge is -2.01. The van der Waals surface area contributed by atoms with Crippen LogP contribution in [0, 0.1) is 6.07 Å². The van der Waals surface area contributed by atoms with Crippen LogP contribution in [0.3, 0.4) is 0 Å². The van der Waals surface area contributed by atoms with Gasteiger partial charge in [-0.05, 0) is 45.2 Å². The molecule has 0 unspecified atom stereocenters. The minimum absolute atomic E-state index is 1.09. The fourth-order valence-electron chi connectivity index (χ4n) is 2.72. The van der Waals surface area contributed by atoms with Gasteiger partial charge in [-0.3, -0.25) is 0 Å². The van der Waals surface area contributed by atoms with E-state index >= 15 is 0 Å². The maximum atomic E-state index is 3.32. The van der Waals surface area contributed by atoms with Gasteiger partial charge < -0.3 is 0 Å². The van der Waals surface area contributed by atoms with Gasteiger partial charge in [0, 0.05) is 0 Å². The van der Waals surface area contributed by atoms with E-state index in [9.17, 15) is 0 Å². The highest BCUT2D eigenvalue weighted by molar-refractivity contribution is 6.13. The Bertz CT molecular complexity index is 632. The van der Waals surface area contributed by atoms with Gasteiger partial charge in [0.1, 0.15) is 0 Å². The number of hydrogen-bond donors (Lipinski definition) is 0. The smallest absolute Gasteiger partial charge is 0.00130 e. The molecule has 0 amide bonds. The molecular weight excluding hydrogens is 180 g/mol. The summed E-state index contributed by atoms with van der Waals surface area (Å²) >= 11 is 0. The molecule has 0 saturated heterocycles. The van der Waals surface area contributed by atoms with Crippen molar-refractivity contribution in [3.05, 3.63) is 59.7 Å². The van der Waals surface area contributed by atoms with Crippen molar-refractivity contribution in [3.8, 4) is 0 Å². The first-order valence-electron chi connectivity index (χ1n) is 5.27. The molecule has 0 aliphatic heterocycles. The minimum Gasteiger partial charge on any atom is -0.0613 e. The number of benzene rings is 3. The summed E-state index contributed by atoms with van der Waals surface area (Å²) in [6, 6.07) is 18.5. The maximum Gasteiger partial charge on any atom is -0.00130 e. The summed E-state index contributed by atoms with van der Waals surface area (Å²) in [5.74, 6) is 0. The van der Waals surface area contributed by atoms with Crippen LogP contribution in [-0.2, 0) is 6.42 Å². The minimum atomic E-state index is 1.09. The second kappa shape index (κ2) is 2.40. The maximum absolute atomic E-state index is 3.32. The van der Waals surface area contributed by atoms with Crippen molar-refractivity contribution in [2.75, 3.05) is 0 Å². The molecule has 0 nitrogen and oxygen atoms in total. The highest BCUT2D eigenvalue weighted by Crippen LogP contribution is 2.37. The highest BCUT2D eigenvalue weighted by Gasteiger charge is 2.15. The lowest BCUT2D eigenvalue weighted by Crippen LogP contribution is -1.78. The molecule has 15 heavy (non-hydrogen) atoms. The predicted octanol–water partition coefficient (Wildman–Crippen LogP) is 3.70. The summed E-state index contributed by atoms with van der Waals surface area (Å²) in [4.78, 5) is 0. The Balaban J connectivity index is 2.42. The summed E-state index contributed by atoms with van der Waals surface area (Å²) in [5, 5.41) is 5.48. The summed E-state index contributed by atoms with van der Waals surface area (Å²) < 4.78 is 0. The molecule has 69 valence electrons. The van der Waals surface area contributed by atoms with Gasteiger partial charge in [-0.15, -0.1) is 0 Å². The summed E-state index contributed by atoms with van der Waals surface area (Å²) in [5.41, 5.74) is 2.92. The lowest BCUT2D eigenvalue weighted by molar-refractivity contribution is 1.27. The largest absolute Gasteiger partial charge is 0.0613 e. The van der Waals surface area contributed by atoms with E-state index in [1.165, 1.54) is 32.7 Å². The van der Waals surface area contributed by atoms with Crippen molar-refractivity contribution in [1.82, 2.24) is 0 Å². The van der Waals surface area contributed by atoms with Gasteiger partial charge in [-0.1, -0.05) is 42.5 Å². The van der Waals surface area contributed by atoms with Crippen molar-refractivity contribution in [2.24, 2.45) is 0 Å². The van der Waals surface area contributed by atoms with Crippen molar-refractivity contribution in [3.63, 3.8) is 0 Å². The van der Waals surface area contributed by atoms with Crippen LogP contribution >= 0.6 is 0 Å². The van der Waals surface area contributed by atoms with Crippen molar-refractivity contribution >= 4 is 21.5 Å². The van der Waals surface area contributed by atoms with E-state index in [-0.39, 0.29) is 0 Å². The van der Waals surface area contributed by atoms with Gasteiger partial charge in [0.05, 0.1) is 0 Å². The van der Waals surface area contributed by atoms with Crippen LogP contribution in [0.4, 0.5) is 0 Å². The lowest BCUT2D eigenvalue weighted by atomic mass is 10.0. The van der Waals surface area contributed by atoms with E-state index in [1.54, 1.807) is 0 Å². The van der Waals surface area contributed by atoms with E-state index < -0.39 is 0 Å². The second-order valence-electron chi connectivity index (χ2n) is 4.18. The quantitative estimate of drug-likeness (QED) is 0.370. The molecule has 0 N–H and O–H groups in total. The summed E-state index contributed by atoms with van der Waals surface area (Å²) in [6.07, 6.45) is 1.09. The molecule has 0 spiro atoms. The van der Waals surface area contributed by atoms with Crippen molar-refractivity contribution in [2.45, 2.75) is 6.42 Å². The van der Waals surface area contributed by atoms with E-state index in [0.717, 1.165) is 6.42 Å². The first-order valence-corrected chi connectivity index (χ1v) is 5.27. The van der Waals surface area contributed by atoms with Crippen LogP contribution in [0.25, 0.3) is 21.5 Å². The molecule has 0 atom stereocenters. The van der Waals surface area contributed by atoms with E-state index in [1.807, 2.05) is 6.07 Å². The standard InChI is InChI=1S/C15H9/c1-3-10-7-8-11-4-2-6-13-9-12(5-1)14(10)15(11)13/h1-3,5-8H,9H2. The van der Waals surface area contributed by atoms with Gasteiger partial charge in [0.15, 0.2) is 0 Å². The van der Waals surface area contributed by atoms with Gasteiger partial charge in [-0.25, -0.2) is 0 Å². The van der Waals surface area contributed by atoms with Crippen LogP contribution in [0.15, 0.2) is 42.5 Å². The summed E-state index contributed by atoms with van der Waals surface area (Å²) in [7, 11) is 0. The zero-order valence-electron chi connectivity index (χ0n) is 8.25. The third-order valence-corrected chi connectivity index (χ3v) is 3.36. The molecular formula is C15H9. The Morgan fingerprint density at radius 1 is 0.867 bits per heavy atom. The molecule has 1 radical (unpaired) electrons. The molecule has 0 fully saturated rings. The summed E-state index contributed by atoms with van der Waals surface area (Å²) in [6.45, 7) is 0. The number of hydrogen-bond acceptors (Lipinski definition) is 0. The van der Waals surface area contributed by atoms with Crippen LogP contribution in [0.5, 0.6) is 0 Å². The third-order valence-electron chi connectivity index (χ3n) is 3.36. The predicted molar refractivity (Wildman–Crippen MR) is 63.1 cm³/mol. The van der Waals surface area contributed by atoms with Gasteiger partial charge in [0.2, 0.25) is 0 Å². The SMILES string of the molecule is [c]1ccc2c3c1ccc1cccc(c13)C2. The Morgan fingerprint density at radius 3 is 2.80 bits per heavy atom. The Kier molecular flexibility index (Phi) is 1.20. The molecule has 0 bridgehead atoms. The molecule has 0 saturated carbocycles. The monoisotopic (exact) mass is 189 g/mol. The number of rotatable bonds is 0. The Labute approximate surface area is 88.2 Å². The van der Waals surface area contributed by atoms with Crippen LogP contribution in [0.1, 0.15) is 11.1 Å². The van der Waals surface area contributed by atoms with Gasteiger partial charge in [-0.2, -0.15) is 0 Å². The zero-order valence-corrected chi connectivity index (χ0v) is 8.25. The molecule has 1 aliphatic rings. The van der Waals surface area contributed by atoms with E-state index in [2.05, 4.69) is 42.5 Å². The highest BCUT2D eigenvalue weighted by atomic mass is 14.2. The molecule has 1 aliphatic carbocycles. The van der Waals surface area contributed by atoms with Crippen molar-refractivity contribution in [1.29, 1.82) is 0 Å². The fourth-order valence-corrected chi connectivity index (χ4v) is 2.72. The topological polar surface area (TPSA) is 0 Å². The average Bonchev–Trinajstić information content (AvgIpc) is 2.66. The molecule has 0 aromatic heterocycles. The van der Waals surface area contributed by atoms with Crippen LogP contribution < -0.4 is 0 Å². The van der Waals surface area contributed by atoms with Crippen LogP contribution in [-0.4, -0.2) is 0 Å². The first-order chi connectivity index (χ1) is 7.43. The normalized spacial score (nSPS) is 13.1. The first kappa shape index (κ1) is 7.47. The third kappa shape index (κ3) is 0.822. The van der Waals surface area contributed by atoms with Gasteiger partial charge in [0.25, 0.3) is 0 Å². The molecule has 3 aromatic carbocycles. The Hall–Kier alpha value is -1.82. The van der Waals surface area contributed by atoms with Crippen molar-refractivity contribution < 1.29 is 0 Å². The average molecular weight is 189 g/mol. The molecule has 4 rings (SSSR count). The van der Waals surface area contributed by atoms with Gasteiger partial charge >= 0.3 is 0 Å². The zero-order chi connectivity index (χ0) is 9.83. The fraction of sp³-hybridized carbons (Fsp3) is 0.0667. The second-order valence-corrected chi connectivity index (χ2v) is 4.18. The molecule has 0 heterocycles. The Morgan fingerprint density at radius 2 is 1.80 bits per heavy atom. The molecule has 0 heteroatoms.